The number of hydrogen-bond acceptors (Lipinski definition) is 4. The first-order valence-corrected chi connectivity index (χ1v) is 5.89. The molecule has 0 fully saturated rings. The number of hydrogen-bond donors (Lipinski definition) is 0. The fourth-order valence-corrected chi connectivity index (χ4v) is 2.14. The maximum Gasteiger partial charge on any atom is 0.189 e. The lowest BCUT2D eigenvalue weighted by molar-refractivity contribution is 0.941. The summed E-state index contributed by atoms with van der Waals surface area (Å²) in [6.07, 6.45) is 2.27. The number of para-hydroxylation sites is 1. The minimum atomic E-state index is 0.495. The Morgan fingerprint density at radius 1 is 1.31 bits per heavy atom. The van der Waals surface area contributed by atoms with Gasteiger partial charge in [-0.25, -0.2) is 4.98 Å². The van der Waals surface area contributed by atoms with Crippen molar-refractivity contribution in [2.45, 2.75) is 6.42 Å². The van der Waals surface area contributed by atoms with Gasteiger partial charge in [0.15, 0.2) is 5.13 Å². The number of aromatic nitrogens is 1. The lowest BCUT2D eigenvalue weighted by Crippen LogP contribution is -2.17. The number of anilines is 2. The summed E-state index contributed by atoms with van der Waals surface area (Å²) in [6.45, 7) is 0.675. The van der Waals surface area contributed by atoms with Crippen molar-refractivity contribution in [3.8, 4) is 6.07 Å². The highest BCUT2D eigenvalue weighted by atomic mass is 32.1. The van der Waals surface area contributed by atoms with Gasteiger partial charge in [0.25, 0.3) is 0 Å². The number of nitriles is 1. The molecule has 0 N–H and O–H groups in total. The molecule has 0 aliphatic rings. The quantitative estimate of drug-likeness (QED) is 0.808. The second-order valence-electron chi connectivity index (χ2n) is 3.21. The minimum absolute atomic E-state index is 0.495. The predicted octanol–water partition coefficient (Wildman–Crippen LogP) is 3.19. The first kappa shape index (κ1) is 10.7. The fourth-order valence-electron chi connectivity index (χ4n) is 1.45. The van der Waals surface area contributed by atoms with E-state index in [2.05, 4.69) is 16.0 Å². The highest BCUT2D eigenvalue weighted by molar-refractivity contribution is 7.13. The monoisotopic (exact) mass is 229 g/mol. The normalized spacial score (nSPS) is 9.69. The molecule has 0 aliphatic heterocycles. The topological polar surface area (TPSA) is 39.9 Å². The summed E-state index contributed by atoms with van der Waals surface area (Å²) in [5.74, 6) is 0. The largest absolute Gasteiger partial charge is 0.317 e. The predicted molar refractivity (Wildman–Crippen MR) is 65.8 cm³/mol. The molecule has 0 atom stereocenters. The smallest absolute Gasteiger partial charge is 0.189 e. The van der Waals surface area contributed by atoms with Gasteiger partial charge in [-0.2, -0.15) is 5.26 Å². The molecule has 1 heterocycles. The van der Waals surface area contributed by atoms with E-state index >= 15 is 0 Å². The second kappa shape index (κ2) is 5.29. The summed E-state index contributed by atoms with van der Waals surface area (Å²) in [7, 11) is 0. The number of benzene rings is 1. The van der Waals surface area contributed by atoms with Crippen molar-refractivity contribution in [2.75, 3.05) is 11.4 Å². The van der Waals surface area contributed by atoms with E-state index in [4.69, 9.17) is 5.26 Å². The highest BCUT2D eigenvalue weighted by Gasteiger charge is 2.10. The summed E-state index contributed by atoms with van der Waals surface area (Å²) in [6, 6.07) is 12.2. The van der Waals surface area contributed by atoms with Gasteiger partial charge in [0, 0.05) is 23.8 Å². The van der Waals surface area contributed by atoms with Crippen LogP contribution in [0.15, 0.2) is 41.9 Å². The molecule has 80 valence electrons. The third kappa shape index (κ3) is 2.38. The fraction of sp³-hybridized carbons (Fsp3) is 0.167. The second-order valence-corrected chi connectivity index (χ2v) is 4.08. The summed E-state index contributed by atoms with van der Waals surface area (Å²) in [5.41, 5.74) is 1.08. The number of rotatable bonds is 4. The van der Waals surface area contributed by atoms with Crippen LogP contribution in [0.4, 0.5) is 10.8 Å². The molecule has 0 saturated heterocycles. The molecule has 3 nitrogen and oxygen atoms in total. The summed E-state index contributed by atoms with van der Waals surface area (Å²) >= 11 is 1.58. The van der Waals surface area contributed by atoms with E-state index in [1.54, 1.807) is 17.5 Å². The van der Waals surface area contributed by atoms with E-state index in [1.807, 2.05) is 35.7 Å². The summed E-state index contributed by atoms with van der Waals surface area (Å²) < 4.78 is 0. The van der Waals surface area contributed by atoms with E-state index in [0.29, 0.717) is 13.0 Å². The maximum atomic E-state index is 8.67. The Balaban J connectivity index is 2.26. The summed E-state index contributed by atoms with van der Waals surface area (Å²) in [5, 5.41) is 11.5. The molecule has 0 saturated carbocycles. The van der Waals surface area contributed by atoms with E-state index < -0.39 is 0 Å². The van der Waals surface area contributed by atoms with Crippen LogP contribution in [0.1, 0.15) is 6.42 Å². The van der Waals surface area contributed by atoms with Crippen molar-refractivity contribution in [1.29, 1.82) is 5.26 Å². The van der Waals surface area contributed by atoms with Crippen LogP contribution in [0.2, 0.25) is 0 Å². The molecule has 0 spiro atoms. The molecular formula is C12H11N3S. The van der Waals surface area contributed by atoms with Crippen LogP contribution in [-0.2, 0) is 0 Å². The zero-order valence-corrected chi connectivity index (χ0v) is 9.52. The van der Waals surface area contributed by atoms with Gasteiger partial charge in [0.2, 0.25) is 0 Å². The van der Waals surface area contributed by atoms with Crippen LogP contribution in [-0.4, -0.2) is 11.5 Å². The van der Waals surface area contributed by atoms with Gasteiger partial charge >= 0.3 is 0 Å². The zero-order valence-electron chi connectivity index (χ0n) is 8.71. The Morgan fingerprint density at radius 2 is 2.12 bits per heavy atom. The Morgan fingerprint density at radius 3 is 2.75 bits per heavy atom. The summed E-state index contributed by atoms with van der Waals surface area (Å²) in [4.78, 5) is 6.34. The Labute approximate surface area is 98.6 Å². The lowest BCUT2D eigenvalue weighted by Gasteiger charge is -2.20. The molecule has 1 aromatic heterocycles. The van der Waals surface area contributed by atoms with E-state index in [0.717, 1.165) is 10.8 Å². The van der Waals surface area contributed by atoms with E-state index in [9.17, 15) is 0 Å². The third-order valence-electron chi connectivity index (χ3n) is 2.17. The Hall–Kier alpha value is -1.86. The molecule has 0 aliphatic carbocycles. The highest BCUT2D eigenvalue weighted by Crippen LogP contribution is 2.26. The van der Waals surface area contributed by atoms with Crippen molar-refractivity contribution in [1.82, 2.24) is 4.98 Å². The van der Waals surface area contributed by atoms with Gasteiger partial charge in [-0.3, -0.25) is 0 Å². The van der Waals surface area contributed by atoms with Crippen LogP contribution >= 0.6 is 11.3 Å². The average molecular weight is 229 g/mol. The first-order chi connectivity index (χ1) is 7.92. The van der Waals surface area contributed by atoms with Crippen LogP contribution in [0, 0.1) is 11.3 Å². The van der Waals surface area contributed by atoms with Gasteiger partial charge in [0.1, 0.15) is 0 Å². The molecule has 1 aromatic carbocycles. The van der Waals surface area contributed by atoms with Gasteiger partial charge in [-0.05, 0) is 12.1 Å². The van der Waals surface area contributed by atoms with Crippen molar-refractivity contribution in [3.05, 3.63) is 41.9 Å². The molecule has 0 bridgehead atoms. The molecule has 16 heavy (non-hydrogen) atoms. The van der Waals surface area contributed by atoms with Crippen molar-refractivity contribution >= 4 is 22.2 Å². The van der Waals surface area contributed by atoms with Crippen LogP contribution < -0.4 is 4.90 Å². The van der Waals surface area contributed by atoms with Crippen LogP contribution in [0.3, 0.4) is 0 Å². The lowest BCUT2D eigenvalue weighted by atomic mass is 10.3. The molecule has 0 unspecified atom stereocenters. The zero-order chi connectivity index (χ0) is 11.2. The van der Waals surface area contributed by atoms with Gasteiger partial charge < -0.3 is 4.90 Å². The van der Waals surface area contributed by atoms with Crippen molar-refractivity contribution in [3.63, 3.8) is 0 Å². The number of thiazole rings is 1. The maximum absolute atomic E-state index is 8.67. The Kier molecular flexibility index (Phi) is 3.52. The Bertz CT molecular complexity index is 459. The molecule has 2 aromatic rings. The van der Waals surface area contributed by atoms with Crippen LogP contribution in [0.25, 0.3) is 0 Å². The molecule has 0 radical (unpaired) electrons. The average Bonchev–Trinajstić information content (AvgIpc) is 2.85. The standard InChI is InChI=1S/C12H11N3S/c13-7-4-9-15(12-14-8-10-16-12)11-5-2-1-3-6-11/h1-3,5-6,8,10H,4,9H2. The number of nitrogens with zero attached hydrogens (tertiary/aromatic N) is 3. The first-order valence-electron chi connectivity index (χ1n) is 5.01. The SMILES string of the molecule is N#CCCN(c1ccccc1)c1nccs1. The molecule has 2 rings (SSSR count). The van der Waals surface area contributed by atoms with Gasteiger partial charge in [-0.15, -0.1) is 11.3 Å². The van der Waals surface area contributed by atoms with Gasteiger partial charge in [0.05, 0.1) is 12.5 Å². The van der Waals surface area contributed by atoms with Crippen LogP contribution in [0.5, 0.6) is 0 Å². The third-order valence-corrected chi connectivity index (χ3v) is 2.96. The van der Waals surface area contributed by atoms with Crippen molar-refractivity contribution < 1.29 is 0 Å². The molecular weight excluding hydrogens is 218 g/mol. The van der Waals surface area contributed by atoms with E-state index in [1.165, 1.54) is 0 Å². The van der Waals surface area contributed by atoms with E-state index in [-0.39, 0.29) is 0 Å². The molecule has 4 heteroatoms. The van der Waals surface area contributed by atoms with Crippen molar-refractivity contribution in [2.24, 2.45) is 0 Å². The molecule has 0 amide bonds. The van der Waals surface area contributed by atoms with Gasteiger partial charge in [-0.1, -0.05) is 18.2 Å². The minimum Gasteiger partial charge on any atom is -0.317 e.